The SMILES string of the molecule is CCCN(C1CC1)C(CC)c1cccc(OCC[C@]23CCC4C(CCC5CC(=O)CC[C@@]54C)C2CC[C@@H]3O)c1. The third-order valence-corrected chi connectivity index (χ3v) is 12.5. The van der Waals surface area contributed by atoms with Gasteiger partial charge in [0.2, 0.25) is 0 Å². The van der Waals surface area contributed by atoms with E-state index in [1.54, 1.807) is 0 Å². The van der Waals surface area contributed by atoms with Gasteiger partial charge in [-0.1, -0.05) is 32.9 Å². The van der Waals surface area contributed by atoms with Crippen LogP contribution < -0.4 is 4.74 Å². The molecule has 5 aliphatic carbocycles. The van der Waals surface area contributed by atoms with Crippen molar-refractivity contribution in [3.63, 3.8) is 0 Å². The van der Waals surface area contributed by atoms with E-state index in [0.29, 0.717) is 41.6 Å². The molecule has 0 aromatic heterocycles. The molecule has 1 aromatic rings. The molecule has 39 heavy (non-hydrogen) atoms. The van der Waals surface area contributed by atoms with Crippen molar-refractivity contribution in [2.45, 2.75) is 129 Å². The maximum absolute atomic E-state index is 12.3. The summed E-state index contributed by atoms with van der Waals surface area (Å²) in [6.07, 6.45) is 15.4. The van der Waals surface area contributed by atoms with Gasteiger partial charge in [-0.2, -0.15) is 0 Å². The Morgan fingerprint density at radius 1 is 1.05 bits per heavy atom. The molecule has 1 aromatic carbocycles. The van der Waals surface area contributed by atoms with Gasteiger partial charge in [-0.15, -0.1) is 0 Å². The summed E-state index contributed by atoms with van der Waals surface area (Å²) in [5.41, 5.74) is 1.74. The fourth-order valence-corrected chi connectivity index (χ4v) is 10.4. The van der Waals surface area contributed by atoms with Crippen molar-refractivity contribution in [1.82, 2.24) is 4.90 Å². The number of aliphatic hydroxyl groups is 1. The van der Waals surface area contributed by atoms with Gasteiger partial charge >= 0.3 is 0 Å². The monoisotopic (exact) mass is 535 g/mol. The fourth-order valence-electron chi connectivity index (χ4n) is 10.4. The highest BCUT2D eigenvalue weighted by Crippen LogP contribution is 2.66. The maximum Gasteiger partial charge on any atom is 0.133 e. The summed E-state index contributed by atoms with van der Waals surface area (Å²) >= 11 is 0. The van der Waals surface area contributed by atoms with Crippen molar-refractivity contribution in [2.24, 2.45) is 34.5 Å². The minimum Gasteiger partial charge on any atom is -0.494 e. The van der Waals surface area contributed by atoms with Crippen LogP contribution in [0.1, 0.15) is 122 Å². The first-order chi connectivity index (χ1) is 18.9. The molecule has 5 saturated carbocycles. The van der Waals surface area contributed by atoms with Gasteiger partial charge in [-0.3, -0.25) is 9.69 Å². The van der Waals surface area contributed by atoms with Gasteiger partial charge in [0, 0.05) is 30.3 Å². The minimum atomic E-state index is -0.192. The second-order valence-electron chi connectivity index (χ2n) is 14.3. The molecule has 5 unspecified atom stereocenters. The quantitative estimate of drug-likeness (QED) is 0.333. The normalized spacial score (nSPS) is 38.7. The van der Waals surface area contributed by atoms with Crippen LogP contribution in [0.3, 0.4) is 0 Å². The summed E-state index contributed by atoms with van der Waals surface area (Å²) in [7, 11) is 0. The molecule has 5 fully saturated rings. The van der Waals surface area contributed by atoms with Gasteiger partial charge < -0.3 is 9.84 Å². The summed E-state index contributed by atoms with van der Waals surface area (Å²) in [4.78, 5) is 15.0. The molecule has 0 heterocycles. The molecule has 0 amide bonds. The van der Waals surface area contributed by atoms with Crippen LogP contribution in [0.4, 0.5) is 0 Å². The average molecular weight is 536 g/mol. The van der Waals surface area contributed by atoms with Crippen LogP contribution in [-0.4, -0.2) is 41.1 Å². The van der Waals surface area contributed by atoms with Crippen LogP contribution in [0, 0.1) is 34.5 Å². The molecule has 8 atom stereocenters. The van der Waals surface area contributed by atoms with E-state index in [-0.39, 0.29) is 11.5 Å². The molecule has 1 N–H and O–H groups in total. The van der Waals surface area contributed by atoms with Gasteiger partial charge in [0.1, 0.15) is 11.5 Å². The summed E-state index contributed by atoms with van der Waals surface area (Å²) in [5, 5.41) is 11.4. The van der Waals surface area contributed by atoms with E-state index in [1.165, 1.54) is 57.1 Å². The number of Topliss-reactive ketones (excluding diaryl/α,β-unsaturated/α-hetero) is 1. The number of benzene rings is 1. The number of fused-ring (bicyclic) bond motifs is 5. The Balaban J connectivity index is 1.13. The van der Waals surface area contributed by atoms with Crippen LogP contribution in [0.5, 0.6) is 5.75 Å². The van der Waals surface area contributed by atoms with Crippen molar-refractivity contribution in [1.29, 1.82) is 0 Å². The lowest BCUT2D eigenvalue weighted by Gasteiger charge is -2.60. The number of carbonyl (C=O) groups excluding carboxylic acids is 1. The molecule has 216 valence electrons. The van der Waals surface area contributed by atoms with E-state index >= 15 is 0 Å². The Labute approximate surface area is 237 Å². The van der Waals surface area contributed by atoms with E-state index in [1.807, 2.05) is 0 Å². The molecular formula is C35H53NO3. The number of ether oxygens (including phenoxy) is 1. The van der Waals surface area contributed by atoms with Crippen molar-refractivity contribution < 1.29 is 14.6 Å². The zero-order chi connectivity index (χ0) is 27.2. The summed E-state index contributed by atoms with van der Waals surface area (Å²) in [6, 6.07) is 10.1. The first kappa shape index (κ1) is 27.8. The number of rotatable bonds is 10. The predicted octanol–water partition coefficient (Wildman–Crippen LogP) is 7.73. The molecule has 4 heteroatoms. The third kappa shape index (κ3) is 5.00. The number of carbonyl (C=O) groups is 1. The predicted molar refractivity (Wildman–Crippen MR) is 157 cm³/mol. The van der Waals surface area contributed by atoms with E-state index in [4.69, 9.17) is 4.74 Å². The zero-order valence-corrected chi connectivity index (χ0v) is 24.9. The number of aliphatic hydroxyl groups excluding tert-OH is 1. The van der Waals surface area contributed by atoms with Crippen LogP contribution in [0.25, 0.3) is 0 Å². The van der Waals surface area contributed by atoms with Gasteiger partial charge in [0.15, 0.2) is 0 Å². The van der Waals surface area contributed by atoms with Gasteiger partial charge in [0.25, 0.3) is 0 Å². The van der Waals surface area contributed by atoms with Crippen molar-refractivity contribution in [3.05, 3.63) is 29.8 Å². The standard InChI is InChI=1S/C35H53NO3/c1-4-20-36(26-10-11-26)32(5-2)24-7-6-8-28(22-24)39-21-19-35-18-16-30-29(31(35)13-14-33(35)38)12-9-25-23-27(37)15-17-34(25,30)3/h6-8,22,25-26,29-33,38H,4-5,9-21,23H2,1-3H3/t25?,29?,30?,31?,32?,33-,34-,35+/m0/s1. The van der Waals surface area contributed by atoms with Gasteiger partial charge in [-0.25, -0.2) is 0 Å². The second kappa shape index (κ2) is 11.1. The van der Waals surface area contributed by atoms with Crippen molar-refractivity contribution >= 4 is 5.78 Å². The Morgan fingerprint density at radius 2 is 1.90 bits per heavy atom. The number of ketones is 1. The minimum absolute atomic E-state index is 0.0162. The Kier molecular flexibility index (Phi) is 7.92. The van der Waals surface area contributed by atoms with Gasteiger partial charge in [0.05, 0.1) is 12.7 Å². The third-order valence-electron chi connectivity index (χ3n) is 12.5. The largest absolute Gasteiger partial charge is 0.494 e. The highest BCUT2D eigenvalue weighted by molar-refractivity contribution is 5.79. The molecule has 0 bridgehead atoms. The maximum atomic E-state index is 12.3. The second-order valence-corrected chi connectivity index (χ2v) is 14.3. The number of hydrogen-bond donors (Lipinski definition) is 1. The molecule has 4 nitrogen and oxygen atoms in total. The molecule has 6 rings (SSSR count). The molecule has 5 aliphatic rings. The van der Waals surface area contributed by atoms with E-state index < -0.39 is 0 Å². The van der Waals surface area contributed by atoms with Crippen molar-refractivity contribution in [3.8, 4) is 5.75 Å². The van der Waals surface area contributed by atoms with Gasteiger partial charge in [-0.05, 0) is 130 Å². The number of hydrogen-bond acceptors (Lipinski definition) is 4. The van der Waals surface area contributed by atoms with Crippen LogP contribution >= 0.6 is 0 Å². The Morgan fingerprint density at radius 3 is 2.67 bits per heavy atom. The smallest absolute Gasteiger partial charge is 0.133 e. The Hall–Kier alpha value is -1.39. The van der Waals surface area contributed by atoms with Crippen LogP contribution in [-0.2, 0) is 4.79 Å². The van der Waals surface area contributed by atoms with Crippen molar-refractivity contribution in [2.75, 3.05) is 13.2 Å². The first-order valence-corrected chi connectivity index (χ1v) is 16.6. The highest BCUT2D eigenvalue weighted by Gasteiger charge is 2.61. The topological polar surface area (TPSA) is 49.8 Å². The van der Waals surface area contributed by atoms with Crippen LogP contribution in [0.2, 0.25) is 0 Å². The molecular weight excluding hydrogens is 482 g/mol. The Bertz CT molecular complexity index is 1020. The van der Waals surface area contributed by atoms with E-state index in [9.17, 15) is 9.90 Å². The summed E-state index contributed by atoms with van der Waals surface area (Å²) in [5.74, 6) is 4.14. The highest BCUT2D eigenvalue weighted by atomic mass is 16.5. The van der Waals surface area contributed by atoms with Crippen LogP contribution in [0.15, 0.2) is 24.3 Å². The molecule has 0 aliphatic heterocycles. The summed E-state index contributed by atoms with van der Waals surface area (Å²) in [6.45, 7) is 9.00. The lowest BCUT2D eigenvalue weighted by atomic mass is 9.44. The van der Waals surface area contributed by atoms with E-state index in [2.05, 4.69) is 49.9 Å². The number of nitrogens with zero attached hydrogens (tertiary/aromatic N) is 1. The first-order valence-electron chi connectivity index (χ1n) is 16.6. The fraction of sp³-hybridized carbons (Fsp3) is 0.800. The lowest BCUT2D eigenvalue weighted by Crippen LogP contribution is -2.55. The molecule has 0 saturated heterocycles. The lowest BCUT2D eigenvalue weighted by molar-refractivity contribution is -0.145. The zero-order valence-electron chi connectivity index (χ0n) is 24.9. The average Bonchev–Trinajstić information content (AvgIpc) is 3.73. The molecule has 0 spiro atoms. The molecule has 0 radical (unpaired) electrons. The summed E-state index contributed by atoms with van der Waals surface area (Å²) < 4.78 is 6.50. The van der Waals surface area contributed by atoms with E-state index in [0.717, 1.165) is 62.7 Å².